The summed E-state index contributed by atoms with van der Waals surface area (Å²) in [6.45, 7) is 2.79. The Hall–Kier alpha value is -2.57. The summed E-state index contributed by atoms with van der Waals surface area (Å²) in [6, 6.07) is 13.8. The van der Waals surface area contributed by atoms with Gasteiger partial charge in [-0.15, -0.1) is 12.4 Å². The van der Waals surface area contributed by atoms with Gasteiger partial charge in [0.25, 0.3) is 5.91 Å². The number of halogens is 1. The Labute approximate surface area is 164 Å². The molecule has 1 heterocycles. The van der Waals surface area contributed by atoms with Crippen molar-refractivity contribution in [1.82, 2.24) is 5.32 Å². The number of carbonyl (C=O) groups excluding carboxylic acids is 2. The number of benzene rings is 2. The fourth-order valence-corrected chi connectivity index (χ4v) is 3.01. The lowest BCUT2D eigenvalue weighted by atomic mass is 9.90. The van der Waals surface area contributed by atoms with Crippen LogP contribution in [0.25, 0.3) is 0 Å². The molecule has 1 aliphatic heterocycles. The molecule has 0 spiro atoms. The van der Waals surface area contributed by atoms with E-state index in [1.165, 1.54) is 0 Å². The molecule has 2 aromatic carbocycles. The van der Waals surface area contributed by atoms with Gasteiger partial charge in [-0.2, -0.15) is 0 Å². The van der Waals surface area contributed by atoms with Crippen LogP contribution in [0.4, 0.5) is 5.69 Å². The van der Waals surface area contributed by atoms with E-state index in [0.717, 1.165) is 25.8 Å². The first-order valence-electron chi connectivity index (χ1n) is 8.71. The molecule has 6 nitrogen and oxygen atoms in total. The summed E-state index contributed by atoms with van der Waals surface area (Å²) in [7, 11) is 0. The van der Waals surface area contributed by atoms with Crippen LogP contribution in [0.15, 0.2) is 48.5 Å². The molecule has 0 bridgehead atoms. The fourth-order valence-electron chi connectivity index (χ4n) is 3.01. The molecule has 0 aliphatic carbocycles. The van der Waals surface area contributed by atoms with Gasteiger partial charge in [-0.25, -0.2) is 0 Å². The lowest BCUT2D eigenvalue weighted by molar-refractivity contribution is -0.122. The van der Waals surface area contributed by atoms with Crippen molar-refractivity contribution in [3.8, 4) is 11.5 Å². The second-order valence-electron chi connectivity index (χ2n) is 6.66. The summed E-state index contributed by atoms with van der Waals surface area (Å²) in [6.07, 6.45) is 2.97. The lowest BCUT2D eigenvalue weighted by Gasteiger charge is -2.33. The number of rotatable bonds is 5. The Morgan fingerprint density at radius 2 is 1.81 bits per heavy atom. The molecule has 0 aromatic heterocycles. The molecule has 1 atom stereocenters. The number of nitrogens with two attached hydrogens (primary N) is 1. The van der Waals surface area contributed by atoms with Crippen LogP contribution < -0.4 is 21.1 Å². The summed E-state index contributed by atoms with van der Waals surface area (Å²) in [5.74, 6) is 0.372. The third-order valence-electron chi connectivity index (χ3n) is 4.61. The molecular formula is C20H24ClN3O3. The third kappa shape index (κ3) is 4.99. The van der Waals surface area contributed by atoms with Gasteiger partial charge >= 0.3 is 0 Å². The van der Waals surface area contributed by atoms with E-state index in [0.29, 0.717) is 22.7 Å². The molecular weight excluding hydrogens is 366 g/mol. The fraction of sp³-hybridized carbons (Fsp3) is 0.300. The zero-order chi connectivity index (χ0) is 18.6. The lowest BCUT2D eigenvalue weighted by Crippen LogP contribution is -2.54. The molecule has 3 rings (SSSR count). The van der Waals surface area contributed by atoms with Crippen LogP contribution in [0.2, 0.25) is 0 Å². The van der Waals surface area contributed by atoms with Crippen LogP contribution in [-0.4, -0.2) is 23.9 Å². The SMILES string of the molecule is CC1(C(=O)Nc2ccc(Oc3ccccc3C(N)=O)cc2)CCCCN1.Cl. The van der Waals surface area contributed by atoms with Crippen molar-refractivity contribution >= 4 is 29.9 Å². The Kier molecular flexibility index (Phi) is 6.82. The number of carbonyl (C=O) groups is 2. The van der Waals surface area contributed by atoms with Crippen LogP contribution in [0.5, 0.6) is 11.5 Å². The Balaban J connectivity index is 0.00000261. The normalized spacial score (nSPS) is 18.9. The Morgan fingerprint density at radius 1 is 1.11 bits per heavy atom. The van der Waals surface area contributed by atoms with E-state index in [1.807, 2.05) is 6.92 Å². The molecule has 1 aliphatic rings. The minimum atomic E-state index is -0.544. The van der Waals surface area contributed by atoms with Gasteiger partial charge in [0.1, 0.15) is 11.5 Å². The van der Waals surface area contributed by atoms with Crippen LogP contribution in [0.1, 0.15) is 36.5 Å². The summed E-state index contributed by atoms with van der Waals surface area (Å²) < 4.78 is 5.74. The zero-order valence-corrected chi connectivity index (χ0v) is 16.0. The average molecular weight is 390 g/mol. The minimum Gasteiger partial charge on any atom is -0.457 e. The van der Waals surface area contributed by atoms with Gasteiger partial charge in [0.2, 0.25) is 5.91 Å². The monoisotopic (exact) mass is 389 g/mol. The van der Waals surface area contributed by atoms with E-state index < -0.39 is 11.4 Å². The summed E-state index contributed by atoms with van der Waals surface area (Å²) in [5, 5.41) is 6.24. The second kappa shape index (κ2) is 8.88. The minimum absolute atomic E-state index is 0. The highest BCUT2D eigenvalue weighted by Gasteiger charge is 2.34. The number of hydrogen-bond donors (Lipinski definition) is 3. The summed E-state index contributed by atoms with van der Waals surface area (Å²) in [5.41, 5.74) is 5.84. The Bertz CT molecular complexity index is 802. The molecule has 1 saturated heterocycles. The molecule has 144 valence electrons. The van der Waals surface area contributed by atoms with Crippen LogP contribution in [0.3, 0.4) is 0 Å². The van der Waals surface area contributed by atoms with E-state index in [9.17, 15) is 9.59 Å². The molecule has 0 radical (unpaired) electrons. The molecule has 4 N–H and O–H groups in total. The van der Waals surface area contributed by atoms with Crippen molar-refractivity contribution in [3.63, 3.8) is 0 Å². The smallest absolute Gasteiger partial charge is 0.252 e. The van der Waals surface area contributed by atoms with E-state index in [2.05, 4.69) is 10.6 Å². The first-order chi connectivity index (χ1) is 12.5. The van der Waals surface area contributed by atoms with E-state index in [-0.39, 0.29) is 18.3 Å². The van der Waals surface area contributed by atoms with Gasteiger partial charge in [0, 0.05) is 5.69 Å². The van der Waals surface area contributed by atoms with Gasteiger partial charge in [0.15, 0.2) is 0 Å². The largest absolute Gasteiger partial charge is 0.457 e. The van der Waals surface area contributed by atoms with Crippen molar-refractivity contribution in [3.05, 3.63) is 54.1 Å². The maximum atomic E-state index is 12.5. The first-order valence-corrected chi connectivity index (χ1v) is 8.71. The number of piperidine rings is 1. The third-order valence-corrected chi connectivity index (χ3v) is 4.61. The zero-order valence-electron chi connectivity index (χ0n) is 15.2. The van der Waals surface area contributed by atoms with Gasteiger partial charge in [-0.1, -0.05) is 12.1 Å². The molecule has 1 fully saturated rings. The summed E-state index contributed by atoms with van der Waals surface area (Å²) >= 11 is 0. The van der Waals surface area contributed by atoms with Crippen LogP contribution >= 0.6 is 12.4 Å². The number of primary amides is 1. The topological polar surface area (TPSA) is 93.4 Å². The molecule has 7 heteroatoms. The quantitative estimate of drug-likeness (QED) is 0.729. The second-order valence-corrected chi connectivity index (χ2v) is 6.66. The van der Waals surface area contributed by atoms with Crippen molar-refractivity contribution in [2.75, 3.05) is 11.9 Å². The predicted octanol–water partition coefficient (Wildman–Crippen LogP) is 3.47. The first kappa shape index (κ1) is 20.7. The van der Waals surface area contributed by atoms with Gasteiger partial charge in [0.05, 0.1) is 11.1 Å². The van der Waals surface area contributed by atoms with E-state index >= 15 is 0 Å². The van der Waals surface area contributed by atoms with Crippen molar-refractivity contribution < 1.29 is 14.3 Å². The van der Waals surface area contributed by atoms with E-state index in [1.54, 1.807) is 48.5 Å². The number of ether oxygens (including phenoxy) is 1. The highest BCUT2D eigenvalue weighted by atomic mass is 35.5. The standard InChI is InChI=1S/C20H23N3O3.ClH/c1-20(12-4-5-13-22-20)19(25)23-14-8-10-15(11-9-14)26-17-7-3-2-6-16(17)18(21)24;/h2-3,6-11,22H,4-5,12-13H2,1H3,(H2,21,24)(H,23,25);1H. The van der Waals surface area contributed by atoms with E-state index in [4.69, 9.17) is 10.5 Å². The molecule has 2 aromatic rings. The molecule has 0 saturated carbocycles. The van der Waals surface area contributed by atoms with Gasteiger partial charge in [-0.3, -0.25) is 9.59 Å². The van der Waals surface area contributed by atoms with Crippen molar-refractivity contribution in [2.45, 2.75) is 31.7 Å². The van der Waals surface area contributed by atoms with Gasteiger partial charge < -0.3 is 21.1 Å². The number of amides is 2. The molecule has 1 unspecified atom stereocenters. The predicted molar refractivity (Wildman–Crippen MR) is 108 cm³/mol. The van der Waals surface area contributed by atoms with Gasteiger partial charge in [-0.05, 0) is 69.1 Å². The van der Waals surface area contributed by atoms with Crippen molar-refractivity contribution in [1.29, 1.82) is 0 Å². The molecule has 2 amide bonds. The average Bonchev–Trinajstić information content (AvgIpc) is 2.64. The Morgan fingerprint density at radius 3 is 2.44 bits per heavy atom. The van der Waals surface area contributed by atoms with Crippen LogP contribution in [-0.2, 0) is 4.79 Å². The van der Waals surface area contributed by atoms with Crippen LogP contribution in [0, 0.1) is 0 Å². The van der Waals surface area contributed by atoms with Crippen molar-refractivity contribution in [2.24, 2.45) is 5.73 Å². The maximum absolute atomic E-state index is 12.5. The maximum Gasteiger partial charge on any atom is 0.252 e. The molecule has 27 heavy (non-hydrogen) atoms. The number of para-hydroxylation sites is 1. The highest BCUT2D eigenvalue weighted by Crippen LogP contribution is 2.27. The highest BCUT2D eigenvalue weighted by molar-refractivity contribution is 5.98. The number of nitrogens with one attached hydrogen (secondary N) is 2. The number of hydrogen-bond acceptors (Lipinski definition) is 4. The number of anilines is 1. The summed E-state index contributed by atoms with van der Waals surface area (Å²) in [4.78, 5) is 24.0.